The van der Waals surface area contributed by atoms with Crippen LogP contribution >= 0.6 is 23.2 Å². The van der Waals surface area contributed by atoms with Crippen molar-refractivity contribution in [1.82, 2.24) is 5.32 Å². The number of likely N-dealkylation sites (N-methyl/N-ethyl adjacent to an activating group) is 1. The monoisotopic (exact) mass is 243 g/mol. The molecule has 0 saturated heterocycles. The Bertz CT molecular complexity index is 347. The molecule has 0 saturated carbocycles. The highest BCUT2D eigenvalue weighted by molar-refractivity contribution is 6.42. The third kappa shape index (κ3) is 3.86. The van der Waals surface area contributed by atoms with Crippen molar-refractivity contribution in [2.45, 2.75) is 19.9 Å². The molecule has 1 aromatic carbocycles. The highest BCUT2D eigenvalue weighted by atomic mass is 35.5. The van der Waals surface area contributed by atoms with E-state index in [4.69, 9.17) is 23.2 Å². The largest absolute Gasteiger partial charge is 0.311 e. The van der Waals surface area contributed by atoms with E-state index >= 15 is 0 Å². The maximum Gasteiger partial charge on any atom is 0.0664 e. The Kier molecular flexibility index (Phi) is 5.16. The van der Waals surface area contributed by atoms with E-state index in [1.807, 2.05) is 18.2 Å². The molecular formula is C12H15Cl2N. The smallest absolute Gasteiger partial charge is 0.0664 e. The van der Waals surface area contributed by atoms with Crippen LogP contribution in [0.25, 0.3) is 6.08 Å². The van der Waals surface area contributed by atoms with Gasteiger partial charge in [0.05, 0.1) is 10.0 Å². The SMILES string of the molecule is CCNC(C)/C=C/c1cccc(Cl)c1Cl. The van der Waals surface area contributed by atoms with E-state index in [9.17, 15) is 0 Å². The van der Waals surface area contributed by atoms with E-state index in [0.29, 0.717) is 16.1 Å². The number of rotatable bonds is 4. The molecule has 0 aromatic heterocycles. The molecule has 0 aliphatic heterocycles. The zero-order valence-corrected chi connectivity index (χ0v) is 10.4. The average Bonchev–Trinajstić information content (AvgIpc) is 2.21. The molecule has 0 aliphatic rings. The van der Waals surface area contributed by atoms with E-state index in [-0.39, 0.29) is 0 Å². The molecule has 0 spiro atoms. The lowest BCUT2D eigenvalue weighted by Gasteiger charge is -2.06. The first-order valence-corrected chi connectivity index (χ1v) is 5.76. The Morgan fingerprint density at radius 1 is 1.40 bits per heavy atom. The number of hydrogen-bond acceptors (Lipinski definition) is 1. The quantitative estimate of drug-likeness (QED) is 0.843. The average molecular weight is 244 g/mol. The van der Waals surface area contributed by atoms with Crippen LogP contribution in [0.1, 0.15) is 19.4 Å². The van der Waals surface area contributed by atoms with Gasteiger partial charge in [-0.1, -0.05) is 54.4 Å². The Morgan fingerprint density at radius 2 is 2.13 bits per heavy atom. The van der Waals surface area contributed by atoms with Crippen molar-refractivity contribution in [2.75, 3.05) is 6.54 Å². The van der Waals surface area contributed by atoms with Gasteiger partial charge in [0.2, 0.25) is 0 Å². The molecule has 0 bridgehead atoms. The number of benzene rings is 1. The lowest BCUT2D eigenvalue weighted by Crippen LogP contribution is -2.22. The first-order valence-electron chi connectivity index (χ1n) is 5.00. The first-order chi connectivity index (χ1) is 7.15. The Balaban J connectivity index is 2.76. The fourth-order valence-electron chi connectivity index (χ4n) is 1.29. The molecule has 1 unspecified atom stereocenters. The van der Waals surface area contributed by atoms with E-state index in [2.05, 4.69) is 25.2 Å². The standard InChI is InChI=1S/C12H15Cl2N/c1-3-15-9(2)7-8-10-5-4-6-11(13)12(10)14/h4-9,15H,3H2,1-2H3/b8-7+. The summed E-state index contributed by atoms with van der Waals surface area (Å²) in [5.41, 5.74) is 0.953. The van der Waals surface area contributed by atoms with E-state index in [0.717, 1.165) is 12.1 Å². The fourth-order valence-corrected chi connectivity index (χ4v) is 1.66. The van der Waals surface area contributed by atoms with Crippen LogP contribution in [0.5, 0.6) is 0 Å². The minimum atomic E-state index is 0.338. The van der Waals surface area contributed by atoms with Crippen molar-refractivity contribution < 1.29 is 0 Å². The van der Waals surface area contributed by atoms with Crippen molar-refractivity contribution in [3.8, 4) is 0 Å². The molecule has 0 aliphatic carbocycles. The molecular weight excluding hydrogens is 229 g/mol. The van der Waals surface area contributed by atoms with Gasteiger partial charge in [-0.05, 0) is 25.1 Å². The molecule has 15 heavy (non-hydrogen) atoms. The predicted octanol–water partition coefficient (Wildman–Crippen LogP) is 4.00. The van der Waals surface area contributed by atoms with Crippen molar-refractivity contribution >= 4 is 29.3 Å². The third-order valence-corrected chi connectivity index (χ3v) is 2.91. The topological polar surface area (TPSA) is 12.0 Å². The second kappa shape index (κ2) is 6.16. The van der Waals surface area contributed by atoms with E-state index in [1.165, 1.54) is 0 Å². The van der Waals surface area contributed by atoms with Crippen LogP contribution in [-0.2, 0) is 0 Å². The Morgan fingerprint density at radius 3 is 2.80 bits per heavy atom. The summed E-state index contributed by atoms with van der Waals surface area (Å²) in [5, 5.41) is 4.49. The zero-order valence-electron chi connectivity index (χ0n) is 8.93. The van der Waals surface area contributed by atoms with E-state index in [1.54, 1.807) is 6.07 Å². The van der Waals surface area contributed by atoms with Crippen LogP contribution in [0.2, 0.25) is 10.0 Å². The summed E-state index contributed by atoms with van der Waals surface area (Å²) in [6.45, 7) is 5.13. The van der Waals surface area contributed by atoms with Crippen molar-refractivity contribution in [3.63, 3.8) is 0 Å². The summed E-state index contributed by atoms with van der Waals surface area (Å²) < 4.78 is 0. The molecule has 3 heteroatoms. The predicted molar refractivity (Wildman–Crippen MR) is 68.6 cm³/mol. The van der Waals surface area contributed by atoms with Crippen molar-refractivity contribution in [2.24, 2.45) is 0 Å². The van der Waals surface area contributed by atoms with Gasteiger partial charge < -0.3 is 5.32 Å². The van der Waals surface area contributed by atoms with Crippen LogP contribution in [-0.4, -0.2) is 12.6 Å². The molecule has 1 N–H and O–H groups in total. The van der Waals surface area contributed by atoms with Gasteiger partial charge in [0.15, 0.2) is 0 Å². The molecule has 1 aromatic rings. The van der Waals surface area contributed by atoms with Gasteiger partial charge in [-0.2, -0.15) is 0 Å². The number of halogens is 2. The van der Waals surface area contributed by atoms with E-state index < -0.39 is 0 Å². The van der Waals surface area contributed by atoms with Gasteiger partial charge in [0.25, 0.3) is 0 Å². The molecule has 82 valence electrons. The first kappa shape index (κ1) is 12.6. The summed E-state index contributed by atoms with van der Waals surface area (Å²) in [5.74, 6) is 0. The molecule has 0 amide bonds. The Hall–Kier alpha value is -0.500. The maximum absolute atomic E-state index is 6.05. The van der Waals surface area contributed by atoms with Crippen molar-refractivity contribution in [1.29, 1.82) is 0 Å². The molecule has 0 fully saturated rings. The van der Waals surface area contributed by atoms with Crippen molar-refractivity contribution in [3.05, 3.63) is 39.9 Å². The maximum atomic E-state index is 6.05. The molecule has 1 nitrogen and oxygen atoms in total. The van der Waals surface area contributed by atoms with Gasteiger partial charge in [0.1, 0.15) is 0 Å². The lowest BCUT2D eigenvalue weighted by atomic mass is 10.2. The summed E-state index contributed by atoms with van der Waals surface area (Å²) in [7, 11) is 0. The normalized spacial score (nSPS) is 13.3. The minimum absolute atomic E-state index is 0.338. The number of nitrogens with one attached hydrogen (secondary N) is 1. The van der Waals surface area contributed by atoms with Crippen LogP contribution in [0.3, 0.4) is 0 Å². The Labute approximate surface area is 101 Å². The summed E-state index contributed by atoms with van der Waals surface area (Å²) in [4.78, 5) is 0. The molecule has 0 radical (unpaired) electrons. The van der Waals surface area contributed by atoms with Gasteiger partial charge in [-0.15, -0.1) is 0 Å². The summed E-state index contributed by atoms with van der Waals surface area (Å²) in [6, 6.07) is 5.97. The zero-order chi connectivity index (χ0) is 11.3. The van der Waals surface area contributed by atoms with Gasteiger partial charge in [0, 0.05) is 6.04 Å². The summed E-state index contributed by atoms with van der Waals surface area (Å²) >= 11 is 12.0. The minimum Gasteiger partial charge on any atom is -0.311 e. The van der Waals surface area contributed by atoms with Crippen LogP contribution in [0, 0.1) is 0 Å². The highest BCUT2D eigenvalue weighted by Crippen LogP contribution is 2.26. The molecule has 1 rings (SSSR count). The fraction of sp³-hybridized carbons (Fsp3) is 0.333. The lowest BCUT2D eigenvalue weighted by molar-refractivity contribution is 0.663. The summed E-state index contributed by atoms with van der Waals surface area (Å²) in [6.07, 6.45) is 4.06. The van der Waals surface area contributed by atoms with Gasteiger partial charge >= 0.3 is 0 Å². The second-order valence-corrected chi connectivity index (χ2v) is 4.13. The second-order valence-electron chi connectivity index (χ2n) is 3.35. The van der Waals surface area contributed by atoms with Gasteiger partial charge in [-0.25, -0.2) is 0 Å². The van der Waals surface area contributed by atoms with Crippen LogP contribution < -0.4 is 5.32 Å². The third-order valence-electron chi connectivity index (χ3n) is 2.07. The van der Waals surface area contributed by atoms with Crippen LogP contribution in [0.15, 0.2) is 24.3 Å². The highest BCUT2D eigenvalue weighted by Gasteiger charge is 2.01. The van der Waals surface area contributed by atoms with Gasteiger partial charge in [-0.3, -0.25) is 0 Å². The molecule has 1 atom stereocenters. The molecule has 0 heterocycles. The van der Waals surface area contributed by atoms with Crippen LogP contribution in [0.4, 0.5) is 0 Å². The number of hydrogen-bond donors (Lipinski definition) is 1.